The van der Waals surface area contributed by atoms with Crippen LogP contribution in [-0.2, 0) is 10.0 Å². The number of nitrogens with zero attached hydrogens (tertiary/aromatic N) is 1. The Kier molecular flexibility index (Phi) is 5.26. The zero-order chi connectivity index (χ0) is 14.8. The third kappa shape index (κ3) is 4.07. The molecule has 0 aliphatic carbocycles. The lowest BCUT2D eigenvalue weighted by molar-refractivity contribution is 0.292. The molecule has 0 aromatic heterocycles. The molecule has 0 radical (unpaired) electrons. The normalized spacial score (nSPS) is 13.0. The summed E-state index contributed by atoms with van der Waals surface area (Å²) in [5.74, 6) is 0. The van der Waals surface area contributed by atoms with Crippen molar-refractivity contribution in [3.05, 3.63) is 28.2 Å². The fourth-order valence-electron chi connectivity index (χ4n) is 1.60. The highest BCUT2D eigenvalue weighted by Crippen LogP contribution is 2.28. The van der Waals surface area contributed by atoms with E-state index in [1.54, 1.807) is 6.07 Å². The molecule has 0 saturated heterocycles. The van der Waals surface area contributed by atoms with E-state index in [4.69, 9.17) is 28.9 Å². The van der Waals surface area contributed by atoms with Crippen molar-refractivity contribution in [2.75, 3.05) is 20.1 Å². The van der Waals surface area contributed by atoms with E-state index < -0.39 is 10.0 Å². The molecule has 1 rings (SSSR count). The van der Waals surface area contributed by atoms with E-state index in [0.29, 0.717) is 18.1 Å². The van der Waals surface area contributed by atoms with Crippen LogP contribution in [0.5, 0.6) is 0 Å². The van der Waals surface area contributed by atoms with Gasteiger partial charge in [-0.2, -0.15) is 0 Å². The van der Waals surface area contributed by atoms with Crippen molar-refractivity contribution in [3.8, 4) is 0 Å². The van der Waals surface area contributed by atoms with Crippen LogP contribution in [0.25, 0.3) is 0 Å². The van der Waals surface area contributed by atoms with E-state index in [2.05, 4.69) is 0 Å². The fourth-order valence-corrected chi connectivity index (χ4v) is 3.69. The second-order valence-corrected chi connectivity index (χ2v) is 8.06. The van der Waals surface area contributed by atoms with Gasteiger partial charge in [-0.05, 0) is 30.2 Å². The molecule has 1 aromatic carbocycles. The lowest BCUT2D eigenvalue weighted by Gasteiger charge is -2.28. The zero-order valence-electron chi connectivity index (χ0n) is 11.2. The van der Waals surface area contributed by atoms with Crippen molar-refractivity contribution in [2.24, 2.45) is 11.1 Å². The van der Waals surface area contributed by atoms with Crippen molar-refractivity contribution in [1.29, 1.82) is 0 Å². The molecule has 0 fully saturated rings. The third-order valence-electron chi connectivity index (χ3n) is 2.78. The van der Waals surface area contributed by atoms with Gasteiger partial charge in [0.25, 0.3) is 0 Å². The van der Waals surface area contributed by atoms with Crippen LogP contribution < -0.4 is 5.73 Å². The molecular formula is C12H18Cl2N2O2S. The van der Waals surface area contributed by atoms with Gasteiger partial charge in [-0.1, -0.05) is 37.0 Å². The summed E-state index contributed by atoms with van der Waals surface area (Å²) in [7, 11) is -2.17. The lowest BCUT2D eigenvalue weighted by Crippen LogP contribution is -2.39. The first-order valence-corrected chi connectivity index (χ1v) is 7.91. The fraction of sp³-hybridized carbons (Fsp3) is 0.500. The van der Waals surface area contributed by atoms with Crippen LogP contribution in [0.1, 0.15) is 13.8 Å². The third-order valence-corrected chi connectivity index (χ3v) is 5.30. The van der Waals surface area contributed by atoms with Crippen molar-refractivity contribution in [1.82, 2.24) is 4.31 Å². The molecule has 0 spiro atoms. The average Bonchev–Trinajstić information content (AvgIpc) is 2.31. The largest absolute Gasteiger partial charge is 0.330 e. The Morgan fingerprint density at radius 1 is 1.32 bits per heavy atom. The molecule has 4 nitrogen and oxygen atoms in total. The molecule has 108 valence electrons. The molecule has 0 saturated carbocycles. The summed E-state index contributed by atoms with van der Waals surface area (Å²) in [6.07, 6.45) is 0. The standard InChI is InChI=1S/C12H18Cl2N2O2S/c1-12(2,7-15)8-16(3)19(17,18)11-6-9(13)4-5-10(11)14/h4-6H,7-8,15H2,1-3H3. The van der Waals surface area contributed by atoms with E-state index in [1.165, 1.54) is 23.5 Å². The number of rotatable bonds is 5. The Morgan fingerprint density at radius 2 is 1.89 bits per heavy atom. The van der Waals surface area contributed by atoms with Gasteiger partial charge in [-0.3, -0.25) is 0 Å². The Hall–Kier alpha value is -0.330. The summed E-state index contributed by atoms with van der Waals surface area (Å²) in [6, 6.07) is 4.37. The van der Waals surface area contributed by atoms with Crippen molar-refractivity contribution in [3.63, 3.8) is 0 Å². The summed E-state index contributed by atoms with van der Waals surface area (Å²) in [6.45, 7) is 4.49. The highest BCUT2D eigenvalue weighted by atomic mass is 35.5. The first-order chi connectivity index (χ1) is 8.60. The maximum Gasteiger partial charge on any atom is 0.244 e. The first kappa shape index (κ1) is 16.7. The second-order valence-electron chi connectivity index (χ2n) is 5.20. The molecule has 0 unspecified atom stereocenters. The topological polar surface area (TPSA) is 63.4 Å². The van der Waals surface area contributed by atoms with Gasteiger partial charge in [0.15, 0.2) is 0 Å². The van der Waals surface area contributed by atoms with Gasteiger partial charge < -0.3 is 5.73 Å². The minimum absolute atomic E-state index is 0.0111. The van der Waals surface area contributed by atoms with E-state index in [1.807, 2.05) is 13.8 Å². The SMILES string of the molecule is CN(CC(C)(C)CN)S(=O)(=O)c1cc(Cl)ccc1Cl. The van der Waals surface area contributed by atoms with E-state index in [0.717, 1.165) is 0 Å². The van der Waals surface area contributed by atoms with Gasteiger partial charge >= 0.3 is 0 Å². The highest BCUT2D eigenvalue weighted by Gasteiger charge is 2.28. The molecule has 2 N–H and O–H groups in total. The zero-order valence-corrected chi connectivity index (χ0v) is 13.5. The van der Waals surface area contributed by atoms with Gasteiger partial charge in [-0.15, -0.1) is 0 Å². The van der Waals surface area contributed by atoms with Gasteiger partial charge in [0.05, 0.1) is 5.02 Å². The summed E-state index contributed by atoms with van der Waals surface area (Å²) < 4.78 is 26.1. The van der Waals surface area contributed by atoms with Crippen LogP contribution >= 0.6 is 23.2 Å². The smallest absolute Gasteiger partial charge is 0.244 e. The molecule has 19 heavy (non-hydrogen) atoms. The summed E-state index contributed by atoms with van der Waals surface area (Å²) >= 11 is 11.8. The van der Waals surface area contributed by atoms with Crippen LogP contribution in [0.3, 0.4) is 0 Å². The minimum Gasteiger partial charge on any atom is -0.330 e. The van der Waals surface area contributed by atoms with Crippen molar-refractivity contribution in [2.45, 2.75) is 18.7 Å². The summed E-state index contributed by atoms with van der Waals surface area (Å²) in [5, 5.41) is 0.483. The molecule has 0 bridgehead atoms. The van der Waals surface area contributed by atoms with Crippen LogP contribution in [0, 0.1) is 5.41 Å². The van der Waals surface area contributed by atoms with Crippen LogP contribution in [0.4, 0.5) is 0 Å². The van der Waals surface area contributed by atoms with Crippen molar-refractivity contribution < 1.29 is 8.42 Å². The molecule has 0 aliphatic rings. The van der Waals surface area contributed by atoms with Gasteiger partial charge in [-0.25, -0.2) is 12.7 Å². The molecule has 0 atom stereocenters. The van der Waals surface area contributed by atoms with E-state index in [-0.39, 0.29) is 15.3 Å². The summed E-state index contributed by atoms with van der Waals surface area (Å²) in [5.41, 5.74) is 5.31. The number of benzene rings is 1. The maximum atomic E-state index is 12.4. The van der Waals surface area contributed by atoms with Gasteiger partial charge in [0.2, 0.25) is 10.0 Å². The highest BCUT2D eigenvalue weighted by molar-refractivity contribution is 7.89. The molecule has 0 heterocycles. The molecular weight excluding hydrogens is 307 g/mol. The summed E-state index contributed by atoms with van der Waals surface area (Å²) in [4.78, 5) is 0.0111. The second kappa shape index (κ2) is 5.97. The lowest BCUT2D eigenvalue weighted by atomic mass is 9.94. The minimum atomic E-state index is -3.67. The number of halogens is 2. The monoisotopic (exact) mass is 324 g/mol. The Morgan fingerprint density at radius 3 is 2.42 bits per heavy atom. The van der Waals surface area contributed by atoms with E-state index >= 15 is 0 Å². The van der Waals surface area contributed by atoms with Crippen LogP contribution in [0.15, 0.2) is 23.1 Å². The molecule has 7 heteroatoms. The number of hydrogen-bond acceptors (Lipinski definition) is 3. The number of hydrogen-bond donors (Lipinski definition) is 1. The maximum absolute atomic E-state index is 12.4. The van der Waals surface area contributed by atoms with Crippen LogP contribution in [-0.4, -0.2) is 32.9 Å². The Bertz CT molecular complexity index is 559. The number of sulfonamides is 1. The van der Waals surface area contributed by atoms with Crippen molar-refractivity contribution >= 4 is 33.2 Å². The molecule has 0 amide bonds. The molecule has 1 aromatic rings. The number of nitrogens with two attached hydrogens (primary N) is 1. The molecule has 0 aliphatic heterocycles. The predicted octanol–water partition coefficient (Wildman–Crippen LogP) is 2.60. The van der Waals surface area contributed by atoms with Gasteiger partial charge in [0.1, 0.15) is 4.90 Å². The Balaban J connectivity index is 3.14. The van der Waals surface area contributed by atoms with Gasteiger partial charge in [0, 0.05) is 18.6 Å². The Labute approximate surface area is 124 Å². The van der Waals surface area contributed by atoms with Crippen LogP contribution in [0.2, 0.25) is 10.0 Å². The average molecular weight is 325 g/mol. The first-order valence-electron chi connectivity index (χ1n) is 5.71. The van der Waals surface area contributed by atoms with E-state index in [9.17, 15) is 8.42 Å². The predicted molar refractivity (Wildman–Crippen MR) is 79.1 cm³/mol. The quantitative estimate of drug-likeness (QED) is 0.905.